The summed E-state index contributed by atoms with van der Waals surface area (Å²) in [4.78, 5) is 45.4. The molecule has 1 amide bonds. The van der Waals surface area contributed by atoms with E-state index in [1.807, 2.05) is 20.8 Å². The maximum absolute atomic E-state index is 13.5. The Morgan fingerprint density at radius 2 is 1.64 bits per heavy atom. The Bertz CT molecular complexity index is 1440. The van der Waals surface area contributed by atoms with Crippen LogP contribution in [0, 0.1) is 13.8 Å². The molecule has 0 aliphatic carbocycles. The molecule has 0 bridgehead atoms. The number of anilines is 1. The molecule has 2 aromatic carbocycles. The van der Waals surface area contributed by atoms with Crippen LogP contribution in [0.4, 0.5) is 5.13 Å². The fraction of sp³-hybridized carbons (Fsp3) is 0.310. The van der Waals surface area contributed by atoms with E-state index >= 15 is 0 Å². The minimum atomic E-state index is -1.04. The molecule has 2 heterocycles. The number of nitrogens with zero attached hydrogens (tertiary/aromatic N) is 2. The third-order valence-corrected chi connectivity index (χ3v) is 7.24. The monoisotopic (exact) mass is 550 g/mol. The quantitative estimate of drug-likeness (QED) is 0.164. The Morgan fingerprint density at radius 1 is 0.974 bits per heavy atom. The third kappa shape index (κ3) is 5.37. The molecule has 39 heavy (non-hydrogen) atoms. The van der Waals surface area contributed by atoms with Crippen LogP contribution in [0.25, 0.3) is 5.76 Å². The predicted molar refractivity (Wildman–Crippen MR) is 148 cm³/mol. The first-order valence-corrected chi connectivity index (χ1v) is 13.4. The largest absolute Gasteiger partial charge is 0.507 e. The van der Waals surface area contributed by atoms with Gasteiger partial charge in [0.15, 0.2) is 16.6 Å². The number of rotatable bonds is 9. The van der Waals surface area contributed by atoms with Gasteiger partial charge in [-0.3, -0.25) is 14.5 Å². The number of benzene rings is 2. The highest BCUT2D eigenvalue weighted by Gasteiger charge is 2.48. The van der Waals surface area contributed by atoms with E-state index in [1.54, 1.807) is 56.3 Å². The lowest BCUT2D eigenvalue weighted by Gasteiger charge is -2.24. The van der Waals surface area contributed by atoms with Crippen molar-refractivity contribution < 1.29 is 33.7 Å². The van der Waals surface area contributed by atoms with Crippen molar-refractivity contribution in [3.05, 3.63) is 75.3 Å². The predicted octanol–water partition coefficient (Wildman–Crippen LogP) is 5.36. The average Bonchev–Trinajstić information content (AvgIpc) is 3.42. The van der Waals surface area contributed by atoms with Gasteiger partial charge in [0, 0.05) is 5.56 Å². The van der Waals surface area contributed by atoms with Gasteiger partial charge in [-0.15, -0.1) is 0 Å². The van der Waals surface area contributed by atoms with Gasteiger partial charge in [-0.25, -0.2) is 9.78 Å². The SMILES string of the molecule is CCOC(=O)c1sc(N2C(=O)C(=O)C(=C(O)c3ccc(C)cc3)C2c2ccc(OCC)c(OCC)c2)nc1C. The van der Waals surface area contributed by atoms with Crippen molar-refractivity contribution in [3.63, 3.8) is 0 Å². The molecule has 3 aromatic rings. The van der Waals surface area contributed by atoms with Crippen molar-refractivity contribution in [1.29, 1.82) is 0 Å². The summed E-state index contributed by atoms with van der Waals surface area (Å²) in [6, 6.07) is 11.0. The number of aliphatic hydroxyl groups excluding tert-OH is 1. The summed E-state index contributed by atoms with van der Waals surface area (Å²) < 4.78 is 16.6. The van der Waals surface area contributed by atoms with E-state index in [4.69, 9.17) is 14.2 Å². The fourth-order valence-electron chi connectivity index (χ4n) is 4.32. The van der Waals surface area contributed by atoms with Gasteiger partial charge in [0.1, 0.15) is 10.6 Å². The second-order valence-electron chi connectivity index (χ2n) is 8.74. The highest BCUT2D eigenvalue weighted by molar-refractivity contribution is 7.17. The number of hydrogen-bond acceptors (Lipinski definition) is 9. The minimum Gasteiger partial charge on any atom is -0.507 e. The maximum Gasteiger partial charge on any atom is 0.350 e. The zero-order valence-corrected chi connectivity index (χ0v) is 23.3. The molecule has 1 aliphatic rings. The van der Waals surface area contributed by atoms with E-state index in [0.29, 0.717) is 41.5 Å². The summed E-state index contributed by atoms with van der Waals surface area (Å²) >= 11 is 0.953. The highest BCUT2D eigenvalue weighted by Crippen LogP contribution is 2.45. The minimum absolute atomic E-state index is 0.0963. The van der Waals surface area contributed by atoms with Gasteiger partial charge < -0.3 is 19.3 Å². The molecule has 1 saturated heterocycles. The van der Waals surface area contributed by atoms with Crippen molar-refractivity contribution in [1.82, 2.24) is 4.98 Å². The molecule has 4 rings (SSSR count). The first kappa shape index (κ1) is 27.8. The molecule has 204 valence electrons. The van der Waals surface area contributed by atoms with Gasteiger partial charge in [-0.2, -0.15) is 0 Å². The van der Waals surface area contributed by atoms with Gasteiger partial charge in [-0.1, -0.05) is 47.2 Å². The van der Waals surface area contributed by atoms with E-state index in [9.17, 15) is 19.5 Å². The van der Waals surface area contributed by atoms with Gasteiger partial charge in [0.2, 0.25) is 0 Å². The van der Waals surface area contributed by atoms with Crippen LogP contribution in [0.2, 0.25) is 0 Å². The summed E-state index contributed by atoms with van der Waals surface area (Å²) in [7, 11) is 0. The first-order valence-electron chi connectivity index (χ1n) is 12.6. The summed E-state index contributed by atoms with van der Waals surface area (Å²) in [6.07, 6.45) is 0. The van der Waals surface area contributed by atoms with E-state index < -0.39 is 23.7 Å². The number of amides is 1. The molecule has 0 spiro atoms. The molecular formula is C29H30N2O7S. The second-order valence-corrected chi connectivity index (χ2v) is 9.72. The maximum atomic E-state index is 13.5. The van der Waals surface area contributed by atoms with Crippen LogP contribution in [-0.4, -0.2) is 47.6 Å². The molecule has 1 aliphatic heterocycles. The second kappa shape index (κ2) is 11.7. The summed E-state index contributed by atoms with van der Waals surface area (Å²) in [5.41, 5.74) is 2.14. The lowest BCUT2D eigenvalue weighted by atomic mass is 9.95. The smallest absolute Gasteiger partial charge is 0.350 e. The summed E-state index contributed by atoms with van der Waals surface area (Å²) in [5.74, 6) is -1.67. The number of aryl methyl sites for hydroxylation is 2. The van der Waals surface area contributed by atoms with Crippen molar-refractivity contribution >= 4 is 39.9 Å². The number of carbonyl (C=O) groups is 3. The van der Waals surface area contributed by atoms with Crippen LogP contribution in [-0.2, 0) is 14.3 Å². The number of hydrogen-bond donors (Lipinski definition) is 1. The van der Waals surface area contributed by atoms with Gasteiger partial charge >= 0.3 is 11.9 Å². The Morgan fingerprint density at radius 3 is 2.28 bits per heavy atom. The van der Waals surface area contributed by atoms with Crippen LogP contribution in [0.15, 0.2) is 48.0 Å². The van der Waals surface area contributed by atoms with Gasteiger partial charge in [0.25, 0.3) is 5.78 Å². The standard InChI is InChI=1S/C29H30N2O7S/c1-6-36-20-14-13-19(15-21(20)37-7-2)23-22(24(32)18-11-9-16(4)10-12-18)25(33)27(34)31(23)29-30-17(5)26(39-29)28(35)38-8-3/h9-15,23,32H,6-8H2,1-5H3. The number of ketones is 1. The lowest BCUT2D eigenvalue weighted by molar-refractivity contribution is -0.132. The van der Waals surface area contributed by atoms with E-state index in [0.717, 1.165) is 16.9 Å². The number of thiazole rings is 1. The van der Waals surface area contributed by atoms with Crippen molar-refractivity contribution in [2.45, 2.75) is 40.7 Å². The summed E-state index contributed by atoms with van der Waals surface area (Å²) in [5, 5.41) is 11.5. The molecule has 0 radical (unpaired) electrons. The van der Waals surface area contributed by atoms with Crippen LogP contribution >= 0.6 is 11.3 Å². The molecule has 1 fully saturated rings. The zero-order chi connectivity index (χ0) is 28.3. The van der Waals surface area contributed by atoms with Crippen LogP contribution in [0.5, 0.6) is 11.5 Å². The van der Waals surface area contributed by atoms with Crippen LogP contribution in [0.1, 0.15) is 58.9 Å². The first-order chi connectivity index (χ1) is 18.7. The number of ether oxygens (including phenoxy) is 3. The number of aliphatic hydroxyl groups is 1. The third-order valence-electron chi connectivity index (χ3n) is 6.10. The Kier molecular flexibility index (Phi) is 8.35. The van der Waals surface area contributed by atoms with Gasteiger partial charge in [0.05, 0.1) is 37.1 Å². The van der Waals surface area contributed by atoms with E-state index in [2.05, 4.69) is 4.98 Å². The van der Waals surface area contributed by atoms with Crippen LogP contribution < -0.4 is 14.4 Å². The fourth-order valence-corrected chi connectivity index (χ4v) is 5.31. The molecule has 9 nitrogen and oxygen atoms in total. The lowest BCUT2D eigenvalue weighted by Crippen LogP contribution is -2.29. The molecule has 1 aromatic heterocycles. The van der Waals surface area contributed by atoms with Crippen molar-refractivity contribution in [3.8, 4) is 11.5 Å². The molecule has 1 N–H and O–H groups in total. The molecule has 1 atom stereocenters. The number of aromatic nitrogens is 1. The number of Topliss-reactive ketones (excluding diaryl/α,β-unsaturated/α-hetero) is 1. The number of esters is 1. The average molecular weight is 551 g/mol. The molecule has 10 heteroatoms. The number of carbonyl (C=O) groups excluding carboxylic acids is 3. The molecule has 1 unspecified atom stereocenters. The highest BCUT2D eigenvalue weighted by atomic mass is 32.1. The van der Waals surface area contributed by atoms with Crippen molar-refractivity contribution in [2.24, 2.45) is 0 Å². The molecular weight excluding hydrogens is 520 g/mol. The Balaban J connectivity index is 1.94. The normalized spacial score (nSPS) is 16.4. The van der Waals surface area contributed by atoms with Crippen LogP contribution in [0.3, 0.4) is 0 Å². The Labute approximate surface area is 230 Å². The van der Waals surface area contributed by atoms with Crippen molar-refractivity contribution in [2.75, 3.05) is 24.7 Å². The molecule has 0 saturated carbocycles. The van der Waals surface area contributed by atoms with Gasteiger partial charge in [-0.05, 0) is 52.3 Å². The summed E-state index contributed by atoms with van der Waals surface area (Å²) in [6.45, 7) is 9.88. The Hall–Kier alpha value is -4.18. The topological polar surface area (TPSA) is 115 Å². The zero-order valence-electron chi connectivity index (χ0n) is 22.4. The van der Waals surface area contributed by atoms with E-state index in [1.165, 1.54) is 4.90 Å². The van der Waals surface area contributed by atoms with E-state index in [-0.39, 0.29) is 27.9 Å².